The monoisotopic (exact) mass is 402 g/mol. The lowest BCUT2D eigenvalue weighted by molar-refractivity contribution is -0.169. The summed E-state index contributed by atoms with van der Waals surface area (Å²) in [6.07, 6.45) is 0.307. The lowest BCUT2D eigenvalue weighted by atomic mass is 10.1. The number of carbonyl (C=O) groups excluding carboxylic acids is 2. The Morgan fingerprint density at radius 2 is 1.70 bits per heavy atom. The average molecular weight is 403 g/mol. The number of nitrogens with zero attached hydrogens (tertiary/aromatic N) is 2. The Labute approximate surface area is 165 Å². The van der Waals surface area contributed by atoms with Gasteiger partial charge in [0, 0.05) is 26.1 Å². The van der Waals surface area contributed by atoms with Gasteiger partial charge < -0.3 is 14.1 Å². The normalized spacial score (nSPS) is 21.3. The van der Waals surface area contributed by atoms with Crippen molar-refractivity contribution in [2.24, 2.45) is 0 Å². The van der Waals surface area contributed by atoms with E-state index < -0.39 is 20.0 Å². The van der Waals surface area contributed by atoms with Crippen LogP contribution in [0.15, 0.2) is 0 Å². The number of hydroxylamine groups is 2. The Hall–Kier alpha value is -1.12. The fourth-order valence-corrected chi connectivity index (χ4v) is 4.08. The molecule has 0 aliphatic carbocycles. The molecule has 27 heavy (non-hydrogen) atoms. The Balaban J connectivity index is 2.95. The van der Waals surface area contributed by atoms with Gasteiger partial charge in [0.1, 0.15) is 5.60 Å². The molecular formula is C19H38N2O5Si. The third-order valence-corrected chi connectivity index (χ3v) is 9.84. The molecule has 0 aromatic heterocycles. The van der Waals surface area contributed by atoms with Crippen molar-refractivity contribution >= 4 is 20.3 Å². The van der Waals surface area contributed by atoms with Crippen LogP contribution in [0.4, 0.5) is 4.79 Å². The maximum atomic E-state index is 12.7. The SMILES string of the molecule is CON(C)C(=O)C[C@@H]1C[C@@H](O[Si](C)(C)C(C)(C)C)CN1C(=O)OC(C)(C)C. The number of hydrogen-bond acceptors (Lipinski definition) is 5. The number of hydrogen-bond donors (Lipinski definition) is 0. The molecular weight excluding hydrogens is 364 g/mol. The molecule has 2 amide bonds. The third-order valence-electron chi connectivity index (χ3n) is 5.31. The van der Waals surface area contributed by atoms with Gasteiger partial charge in [-0.1, -0.05) is 20.8 Å². The van der Waals surface area contributed by atoms with Gasteiger partial charge in [-0.05, 0) is 45.3 Å². The van der Waals surface area contributed by atoms with Crippen LogP contribution in [0, 0.1) is 0 Å². The molecule has 7 nitrogen and oxygen atoms in total. The minimum atomic E-state index is -1.98. The Kier molecular flexibility index (Phi) is 7.52. The summed E-state index contributed by atoms with van der Waals surface area (Å²) < 4.78 is 12.1. The van der Waals surface area contributed by atoms with E-state index in [2.05, 4.69) is 33.9 Å². The van der Waals surface area contributed by atoms with Crippen LogP contribution in [0.25, 0.3) is 0 Å². The van der Waals surface area contributed by atoms with Crippen LogP contribution < -0.4 is 0 Å². The summed E-state index contributed by atoms with van der Waals surface area (Å²) in [7, 11) is 1.04. The molecule has 1 fully saturated rings. The minimum Gasteiger partial charge on any atom is -0.444 e. The van der Waals surface area contributed by atoms with Crippen LogP contribution in [0.1, 0.15) is 54.4 Å². The molecule has 0 saturated carbocycles. The van der Waals surface area contributed by atoms with Crippen LogP contribution in [0.3, 0.4) is 0 Å². The molecule has 0 unspecified atom stereocenters. The second-order valence-electron chi connectivity index (χ2n) is 9.80. The molecule has 1 aliphatic heterocycles. The van der Waals surface area contributed by atoms with Crippen LogP contribution in [-0.4, -0.2) is 68.7 Å². The lowest BCUT2D eigenvalue weighted by Crippen LogP contribution is -2.45. The number of carbonyl (C=O) groups is 2. The molecule has 1 heterocycles. The summed E-state index contributed by atoms with van der Waals surface area (Å²) in [6.45, 7) is 16.9. The predicted molar refractivity (Wildman–Crippen MR) is 108 cm³/mol. The highest BCUT2D eigenvalue weighted by atomic mass is 28.4. The van der Waals surface area contributed by atoms with Gasteiger partial charge in [-0.2, -0.15) is 0 Å². The topological polar surface area (TPSA) is 68.3 Å². The minimum absolute atomic E-state index is 0.0773. The molecule has 1 rings (SSSR count). The fourth-order valence-electron chi connectivity index (χ4n) is 2.72. The van der Waals surface area contributed by atoms with Gasteiger partial charge in [0.15, 0.2) is 8.32 Å². The molecule has 1 aliphatic rings. The molecule has 1 saturated heterocycles. The first kappa shape index (κ1) is 23.9. The summed E-state index contributed by atoms with van der Waals surface area (Å²) >= 11 is 0. The summed E-state index contributed by atoms with van der Waals surface area (Å²) in [5, 5.41) is 1.27. The van der Waals surface area contributed by atoms with Crippen molar-refractivity contribution in [3.8, 4) is 0 Å². The van der Waals surface area contributed by atoms with Crippen molar-refractivity contribution in [2.45, 2.75) is 90.3 Å². The maximum absolute atomic E-state index is 12.7. The number of likely N-dealkylation sites (tertiary alicyclic amines) is 1. The number of ether oxygens (including phenoxy) is 1. The van der Waals surface area contributed by atoms with E-state index in [-0.39, 0.29) is 29.5 Å². The van der Waals surface area contributed by atoms with E-state index in [1.54, 1.807) is 11.9 Å². The maximum Gasteiger partial charge on any atom is 0.410 e. The van der Waals surface area contributed by atoms with Crippen LogP contribution in [0.2, 0.25) is 18.1 Å². The van der Waals surface area contributed by atoms with Crippen molar-refractivity contribution in [3.63, 3.8) is 0 Å². The summed E-state index contributed by atoms with van der Waals surface area (Å²) in [5.74, 6) is -0.177. The van der Waals surface area contributed by atoms with Gasteiger partial charge in [-0.25, -0.2) is 9.86 Å². The molecule has 2 atom stereocenters. The zero-order valence-corrected chi connectivity index (χ0v) is 19.7. The Morgan fingerprint density at radius 3 is 2.15 bits per heavy atom. The van der Waals surface area contributed by atoms with Crippen molar-refractivity contribution < 1.29 is 23.6 Å². The summed E-state index contributed by atoms with van der Waals surface area (Å²) in [5.41, 5.74) is -0.590. The number of rotatable bonds is 5. The van der Waals surface area contributed by atoms with Gasteiger partial charge >= 0.3 is 6.09 Å². The van der Waals surface area contributed by atoms with E-state index in [9.17, 15) is 9.59 Å². The van der Waals surface area contributed by atoms with Gasteiger partial charge in [-0.3, -0.25) is 9.63 Å². The highest BCUT2D eigenvalue weighted by Gasteiger charge is 2.45. The number of amides is 2. The molecule has 0 bridgehead atoms. The third kappa shape index (κ3) is 6.76. The van der Waals surface area contributed by atoms with E-state index in [0.717, 1.165) is 0 Å². The summed E-state index contributed by atoms with van der Waals surface area (Å²) in [6, 6.07) is -0.264. The first-order chi connectivity index (χ1) is 12.1. The molecule has 0 aromatic carbocycles. The predicted octanol–water partition coefficient (Wildman–Crippen LogP) is 3.80. The first-order valence-corrected chi connectivity index (χ1v) is 12.5. The molecule has 0 aromatic rings. The molecule has 0 spiro atoms. The molecule has 8 heteroatoms. The van der Waals surface area contributed by atoms with Crippen molar-refractivity contribution in [1.29, 1.82) is 0 Å². The Bertz CT molecular complexity index is 539. The quantitative estimate of drug-likeness (QED) is 0.517. The van der Waals surface area contributed by atoms with Crippen molar-refractivity contribution in [3.05, 3.63) is 0 Å². The van der Waals surface area contributed by atoms with Crippen molar-refractivity contribution in [2.75, 3.05) is 20.7 Å². The first-order valence-electron chi connectivity index (χ1n) is 9.55. The highest BCUT2D eigenvalue weighted by molar-refractivity contribution is 6.74. The van der Waals surface area contributed by atoms with E-state index in [1.165, 1.54) is 12.2 Å². The largest absolute Gasteiger partial charge is 0.444 e. The lowest BCUT2D eigenvalue weighted by Gasteiger charge is -2.38. The highest BCUT2D eigenvalue weighted by Crippen LogP contribution is 2.39. The van der Waals surface area contributed by atoms with Gasteiger partial charge in [0.2, 0.25) is 5.91 Å². The standard InChI is InChI=1S/C19H38N2O5Si/c1-18(2,3)25-17(23)21-13-15(26-27(9,10)19(4,5)6)11-14(21)12-16(22)20(7)24-8/h14-15H,11-13H2,1-10H3/t14-,15+/m0/s1. The zero-order chi connectivity index (χ0) is 21.2. The van der Waals surface area contributed by atoms with Crippen LogP contribution in [0.5, 0.6) is 0 Å². The van der Waals surface area contributed by atoms with Gasteiger partial charge in [-0.15, -0.1) is 0 Å². The summed E-state index contributed by atoms with van der Waals surface area (Å²) in [4.78, 5) is 31.6. The second kappa shape index (κ2) is 8.49. The van der Waals surface area contributed by atoms with E-state index in [0.29, 0.717) is 13.0 Å². The van der Waals surface area contributed by atoms with Crippen molar-refractivity contribution in [1.82, 2.24) is 9.96 Å². The van der Waals surface area contributed by atoms with E-state index >= 15 is 0 Å². The molecule has 0 N–H and O–H groups in total. The van der Waals surface area contributed by atoms with Gasteiger partial charge in [0.05, 0.1) is 13.2 Å². The fraction of sp³-hybridized carbons (Fsp3) is 0.895. The van der Waals surface area contributed by atoms with E-state index in [1.807, 2.05) is 20.8 Å². The average Bonchev–Trinajstić information content (AvgIpc) is 2.85. The van der Waals surface area contributed by atoms with E-state index in [4.69, 9.17) is 14.0 Å². The van der Waals surface area contributed by atoms with Gasteiger partial charge in [0.25, 0.3) is 0 Å². The van der Waals surface area contributed by atoms with Crippen LogP contribution >= 0.6 is 0 Å². The Morgan fingerprint density at radius 1 is 1.15 bits per heavy atom. The zero-order valence-electron chi connectivity index (χ0n) is 18.7. The smallest absolute Gasteiger partial charge is 0.410 e. The van der Waals surface area contributed by atoms with Crippen LogP contribution in [-0.2, 0) is 18.8 Å². The second-order valence-corrected chi connectivity index (χ2v) is 14.6. The molecule has 0 radical (unpaired) electrons. The molecule has 158 valence electrons.